The molecule has 0 amide bonds. The van der Waals surface area contributed by atoms with Crippen LogP contribution in [0.25, 0.3) is 0 Å². The number of nitrogens with zero attached hydrogens (tertiary/aromatic N) is 1. The lowest BCUT2D eigenvalue weighted by atomic mass is 9.75. The van der Waals surface area contributed by atoms with E-state index >= 15 is 0 Å². The predicted octanol–water partition coefficient (Wildman–Crippen LogP) is 4.20. The minimum absolute atomic E-state index is 0.445. The average Bonchev–Trinajstić information content (AvgIpc) is 2.46. The first-order valence-electron chi connectivity index (χ1n) is 8.86. The fourth-order valence-corrected chi connectivity index (χ4v) is 4.25. The third kappa shape index (κ3) is 4.21. The van der Waals surface area contributed by atoms with E-state index in [0.717, 1.165) is 6.04 Å². The molecule has 2 nitrogen and oxygen atoms in total. The normalized spacial score (nSPS) is 26.9. The third-order valence-electron chi connectivity index (χ3n) is 6.22. The first kappa shape index (κ1) is 16.3. The average molecular weight is 280 g/mol. The van der Waals surface area contributed by atoms with Gasteiger partial charge in [0, 0.05) is 11.6 Å². The van der Waals surface area contributed by atoms with E-state index in [1.54, 1.807) is 0 Å². The van der Waals surface area contributed by atoms with Crippen molar-refractivity contribution in [2.45, 2.75) is 89.6 Å². The zero-order valence-corrected chi connectivity index (χ0v) is 14.3. The maximum Gasteiger partial charge on any atom is 0.0190 e. The van der Waals surface area contributed by atoms with Crippen LogP contribution in [-0.4, -0.2) is 37.1 Å². The Morgan fingerprint density at radius 2 is 1.60 bits per heavy atom. The van der Waals surface area contributed by atoms with Crippen LogP contribution in [0, 0.1) is 5.41 Å². The molecule has 0 bridgehead atoms. The van der Waals surface area contributed by atoms with Crippen LogP contribution < -0.4 is 5.32 Å². The zero-order chi connectivity index (χ0) is 14.6. The van der Waals surface area contributed by atoms with Gasteiger partial charge in [0.05, 0.1) is 0 Å². The summed E-state index contributed by atoms with van der Waals surface area (Å²) in [5.74, 6) is 0. The molecule has 0 saturated heterocycles. The van der Waals surface area contributed by atoms with Gasteiger partial charge >= 0.3 is 0 Å². The molecule has 2 aliphatic carbocycles. The molecule has 20 heavy (non-hydrogen) atoms. The van der Waals surface area contributed by atoms with Crippen molar-refractivity contribution in [1.82, 2.24) is 10.2 Å². The highest BCUT2D eigenvalue weighted by Gasteiger charge is 2.32. The highest BCUT2D eigenvalue weighted by molar-refractivity contribution is 4.91. The van der Waals surface area contributed by atoms with Crippen LogP contribution in [0.1, 0.15) is 78.1 Å². The minimum atomic E-state index is 0.445. The molecule has 0 unspecified atom stereocenters. The molecule has 0 spiro atoms. The number of hydrogen-bond acceptors (Lipinski definition) is 2. The summed E-state index contributed by atoms with van der Waals surface area (Å²) in [6.45, 7) is 6.13. The van der Waals surface area contributed by atoms with Crippen molar-refractivity contribution in [1.29, 1.82) is 0 Å². The van der Waals surface area contributed by atoms with Crippen LogP contribution in [0.3, 0.4) is 0 Å². The largest absolute Gasteiger partial charge is 0.314 e. The molecule has 2 fully saturated rings. The Morgan fingerprint density at radius 1 is 1.00 bits per heavy atom. The van der Waals surface area contributed by atoms with Crippen LogP contribution in [-0.2, 0) is 0 Å². The standard InChI is InChI=1S/C18H36N2/c1-17(2)12-8-16(9-13-17)20(4)15-14-18(19-3)10-6-5-7-11-18/h16,19H,5-15H2,1-4H3. The summed E-state index contributed by atoms with van der Waals surface area (Å²) >= 11 is 0. The van der Waals surface area contributed by atoms with Crippen molar-refractivity contribution >= 4 is 0 Å². The van der Waals surface area contributed by atoms with E-state index in [-0.39, 0.29) is 0 Å². The van der Waals surface area contributed by atoms with Crippen LogP contribution in [0.4, 0.5) is 0 Å². The van der Waals surface area contributed by atoms with Crippen molar-refractivity contribution < 1.29 is 0 Å². The number of rotatable bonds is 5. The molecule has 2 rings (SSSR count). The first-order chi connectivity index (χ1) is 9.46. The highest BCUT2D eigenvalue weighted by atomic mass is 15.1. The van der Waals surface area contributed by atoms with Gasteiger partial charge in [-0.05, 0) is 71.0 Å². The van der Waals surface area contributed by atoms with E-state index in [4.69, 9.17) is 0 Å². The van der Waals surface area contributed by atoms with E-state index in [1.165, 1.54) is 70.8 Å². The topological polar surface area (TPSA) is 15.3 Å². The van der Waals surface area contributed by atoms with Crippen molar-refractivity contribution in [3.05, 3.63) is 0 Å². The van der Waals surface area contributed by atoms with Crippen LogP contribution in [0.2, 0.25) is 0 Å². The zero-order valence-electron chi connectivity index (χ0n) is 14.3. The van der Waals surface area contributed by atoms with E-state index in [9.17, 15) is 0 Å². The van der Waals surface area contributed by atoms with Gasteiger partial charge in [-0.25, -0.2) is 0 Å². The minimum Gasteiger partial charge on any atom is -0.314 e. The molecule has 118 valence electrons. The Labute approximate surface area is 126 Å². The van der Waals surface area contributed by atoms with Gasteiger partial charge in [0.1, 0.15) is 0 Å². The lowest BCUT2D eigenvalue weighted by Crippen LogP contribution is -2.48. The lowest BCUT2D eigenvalue weighted by Gasteiger charge is -2.42. The summed E-state index contributed by atoms with van der Waals surface area (Å²) in [6, 6.07) is 0.834. The Hall–Kier alpha value is -0.0800. The van der Waals surface area contributed by atoms with Crippen LogP contribution in [0.15, 0.2) is 0 Å². The molecule has 0 heterocycles. The van der Waals surface area contributed by atoms with Gasteiger partial charge < -0.3 is 10.2 Å². The van der Waals surface area contributed by atoms with E-state index in [1.807, 2.05) is 0 Å². The second-order valence-electron chi connectivity index (χ2n) is 8.22. The summed E-state index contributed by atoms with van der Waals surface area (Å²) < 4.78 is 0. The van der Waals surface area contributed by atoms with Crippen molar-refractivity contribution in [2.75, 3.05) is 20.6 Å². The maximum absolute atomic E-state index is 3.66. The second kappa shape index (κ2) is 6.79. The molecule has 2 saturated carbocycles. The van der Waals surface area contributed by atoms with E-state index < -0.39 is 0 Å². The smallest absolute Gasteiger partial charge is 0.0190 e. The van der Waals surface area contributed by atoms with Crippen LogP contribution >= 0.6 is 0 Å². The van der Waals surface area contributed by atoms with Crippen LogP contribution in [0.5, 0.6) is 0 Å². The van der Waals surface area contributed by atoms with Gasteiger partial charge in [0.25, 0.3) is 0 Å². The summed E-state index contributed by atoms with van der Waals surface area (Å²) in [5, 5.41) is 3.66. The molecule has 1 N–H and O–H groups in total. The van der Waals surface area contributed by atoms with Crippen molar-refractivity contribution in [3.63, 3.8) is 0 Å². The van der Waals surface area contributed by atoms with Gasteiger partial charge in [-0.3, -0.25) is 0 Å². The molecular formula is C18H36N2. The second-order valence-corrected chi connectivity index (χ2v) is 8.22. The van der Waals surface area contributed by atoms with Gasteiger partial charge in [0.2, 0.25) is 0 Å². The lowest BCUT2D eigenvalue weighted by molar-refractivity contribution is 0.111. The summed E-state index contributed by atoms with van der Waals surface area (Å²) in [7, 11) is 4.53. The summed E-state index contributed by atoms with van der Waals surface area (Å²) in [5.41, 5.74) is 1.04. The molecule has 0 aromatic rings. The van der Waals surface area contributed by atoms with E-state index in [2.05, 4.69) is 38.2 Å². The molecule has 0 radical (unpaired) electrons. The fourth-order valence-electron chi connectivity index (χ4n) is 4.25. The maximum atomic E-state index is 3.66. The third-order valence-corrected chi connectivity index (χ3v) is 6.22. The van der Waals surface area contributed by atoms with Gasteiger partial charge in [0.15, 0.2) is 0 Å². The number of hydrogen-bond donors (Lipinski definition) is 1. The number of nitrogens with one attached hydrogen (secondary N) is 1. The van der Waals surface area contributed by atoms with Gasteiger partial charge in [-0.15, -0.1) is 0 Å². The fraction of sp³-hybridized carbons (Fsp3) is 1.00. The van der Waals surface area contributed by atoms with Gasteiger partial charge in [-0.2, -0.15) is 0 Å². The monoisotopic (exact) mass is 280 g/mol. The molecular weight excluding hydrogens is 244 g/mol. The Kier molecular flexibility index (Phi) is 5.53. The molecule has 0 aliphatic heterocycles. The molecule has 0 aromatic carbocycles. The van der Waals surface area contributed by atoms with Gasteiger partial charge in [-0.1, -0.05) is 33.1 Å². The quantitative estimate of drug-likeness (QED) is 0.812. The highest BCUT2D eigenvalue weighted by Crippen LogP contribution is 2.37. The molecule has 2 aliphatic rings. The van der Waals surface area contributed by atoms with Crippen molar-refractivity contribution in [2.24, 2.45) is 5.41 Å². The SMILES string of the molecule is CNC1(CCN(C)C2CCC(C)(C)CC2)CCCCC1. The van der Waals surface area contributed by atoms with Crippen molar-refractivity contribution in [3.8, 4) is 0 Å². The predicted molar refractivity (Wildman–Crippen MR) is 88.2 cm³/mol. The Balaban J connectivity index is 1.78. The van der Waals surface area contributed by atoms with E-state index in [0.29, 0.717) is 11.0 Å². The Morgan fingerprint density at radius 3 is 2.15 bits per heavy atom. The summed E-state index contributed by atoms with van der Waals surface area (Å²) in [6.07, 6.45) is 14.0. The molecule has 0 aromatic heterocycles. The molecule has 0 atom stereocenters. The summed E-state index contributed by atoms with van der Waals surface area (Å²) in [4.78, 5) is 2.66. The first-order valence-corrected chi connectivity index (χ1v) is 8.86. The molecule has 2 heteroatoms. The Bertz CT molecular complexity index is 282.